The van der Waals surface area contributed by atoms with E-state index in [1.807, 2.05) is 0 Å². The van der Waals surface area contributed by atoms with Gasteiger partial charge in [0.1, 0.15) is 0 Å². The standard InChI is InChI=1S/C15H32N2/c1-3-6-13(9-10-16)8-5-11-17-15-12-14(15)7-4-2/h13-15,17H,3-12,16H2,1-2H3. The lowest BCUT2D eigenvalue weighted by Crippen LogP contribution is -2.20. The fourth-order valence-corrected chi connectivity index (χ4v) is 2.94. The zero-order valence-corrected chi connectivity index (χ0v) is 11.9. The summed E-state index contributed by atoms with van der Waals surface area (Å²) >= 11 is 0. The van der Waals surface area contributed by atoms with E-state index in [1.165, 1.54) is 57.9 Å². The Morgan fingerprint density at radius 3 is 2.65 bits per heavy atom. The molecule has 0 aromatic heterocycles. The molecule has 0 aromatic carbocycles. The summed E-state index contributed by atoms with van der Waals surface area (Å²) in [6.45, 7) is 6.65. The maximum absolute atomic E-state index is 5.66. The van der Waals surface area contributed by atoms with Gasteiger partial charge in [0.05, 0.1) is 0 Å². The molecular formula is C15H32N2. The van der Waals surface area contributed by atoms with E-state index in [0.29, 0.717) is 0 Å². The van der Waals surface area contributed by atoms with Gasteiger partial charge in [-0.1, -0.05) is 33.1 Å². The minimum atomic E-state index is 0.856. The first-order valence-corrected chi connectivity index (χ1v) is 7.75. The van der Waals surface area contributed by atoms with Crippen LogP contribution < -0.4 is 11.1 Å². The van der Waals surface area contributed by atoms with Crippen molar-refractivity contribution in [2.24, 2.45) is 17.6 Å². The summed E-state index contributed by atoms with van der Waals surface area (Å²) in [5.41, 5.74) is 5.66. The van der Waals surface area contributed by atoms with Gasteiger partial charge in [-0.05, 0) is 57.0 Å². The van der Waals surface area contributed by atoms with Crippen molar-refractivity contribution < 1.29 is 0 Å². The van der Waals surface area contributed by atoms with Crippen molar-refractivity contribution in [1.29, 1.82) is 0 Å². The van der Waals surface area contributed by atoms with Gasteiger partial charge in [0.2, 0.25) is 0 Å². The van der Waals surface area contributed by atoms with Gasteiger partial charge >= 0.3 is 0 Å². The summed E-state index contributed by atoms with van der Waals surface area (Å²) < 4.78 is 0. The smallest absolute Gasteiger partial charge is 0.00991 e. The predicted octanol–water partition coefficient (Wildman–Crippen LogP) is 3.31. The van der Waals surface area contributed by atoms with Crippen LogP contribution >= 0.6 is 0 Å². The Labute approximate surface area is 108 Å². The molecule has 0 radical (unpaired) electrons. The minimum absolute atomic E-state index is 0.856. The quantitative estimate of drug-likeness (QED) is 0.544. The fourth-order valence-electron chi connectivity index (χ4n) is 2.94. The molecule has 1 fully saturated rings. The third-order valence-electron chi connectivity index (χ3n) is 4.05. The van der Waals surface area contributed by atoms with Gasteiger partial charge in [-0.3, -0.25) is 0 Å². The van der Waals surface area contributed by atoms with Gasteiger partial charge in [-0.25, -0.2) is 0 Å². The van der Waals surface area contributed by atoms with Gasteiger partial charge in [0, 0.05) is 6.04 Å². The molecule has 0 heterocycles. The number of rotatable bonds is 11. The highest BCUT2D eigenvalue weighted by atomic mass is 15.0. The van der Waals surface area contributed by atoms with E-state index < -0.39 is 0 Å². The highest BCUT2D eigenvalue weighted by Gasteiger charge is 2.34. The maximum atomic E-state index is 5.66. The van der Waals surface area contributed by atoms with Crippen LogP contribution in [0.2, 0.25) is 0 Å². The molecule has 0 bridgehead atoms. The highest BCUT2D eigenvalue weighted by molar-refractivity contribution is 4.92. The lowest BCUT2D eigenvalue weighted by atomic mass is 9.94. The second kappa shape index (κ2) is 8.93. The minimum Gasteiger partial charge on any atom is -0.330 e. The zero-order chi connectivity index (χ0) is 12.5. The Bertz CT molecular complexity index is 176. The van der Waals surface area contributed by atoms with Crippen molar-refractivity contribution in [3.63, 3.8) is 0 Å². The third kappa shape index (κ3) is 6.42. The van der Waals surface area contributed by atoms with E-state index in [0.717, 1.165) is 24.4 Å². The molecule has 3 unspecified atom stereocenters. The molecule has 3 N–H and O–H groups in total. The van der Waals surface area contributed by atoms with Crippen LogP contribution in [0, 0.1) is 11.8 Å². The average molecular weight is 240 g/mol. The molecule has 0 aliphatic heterocycles. The van der Waals surface area contributed by atoms with Crippen LogP contribution in [0.15, 0.2) is 0 Å². The zero-order valence-electron chi connectivity index (χ0n) is 11.9. The summed E-state index contributed by atoms with van der Waals surface area (Å²) in [4.78, 5) is 0. The number of nitrogens with two attached hydrogens (primary N) is 1. The van der Waals surface area contributed by atoms with Crippen molar-refractivity contribution in [3.8, 4) is 0 Å². The van der Waals surface area contributed by atoms with Crippen LogP contribution in [-0.4, -0.2) is 19.1 Å². The average Bonchev–Trinajstić information content (AvgIpc) is 3.04. The second-order valence-electron chi connectivity index (χ2n) is 5.72. The number of hydrogen-bond acceptors (Lipinski definition) is 2. The molecular weight excluding hydrogens is 208 g/mol. The van der Waals surface area contributed by atoms with E-state index in [2.05, 4.69) is 19.2 Å². The van der Waals surface area contributed by atoms with Gasteiger partial charge in [0.25, 0.3) is 0 Å². The Morgan fingerprint density at radius 2 is 2.00 bits per heavy atom. The molecule has 17 heavy (non-hydrogen) atoms. The Hall–Kier alpha value is -0.0800. The lowest BCUT2D eigenvalue weighted by Gasteiger charge is -2.15. The molecule has 0 spiro atoms. The van der Waals surface area contributed by atoms with E-state index >= 15 is 0 Å². The fraction of sp³-hybridized carbons (Fsp3) is 1.00. The molecule has 0 saturated heterocycles. The van der Waals surface area contributed by atoms with Gasteiger partial charge in [0.15, 0.2) is 0 Å². The first-order valence-electron chi connectivity index (χ1n) is 7.75. The van der Waals surface area contributed by atoms with E-state index in [4.69, 9.17) is 5.73 Å². The molecule has 2 heteroatoms. The monoisotopic (exact) mass is 240 g/mol. The van der Waals surface area contributed by atoms with Crippen molar-refractivity contribution >= 4 is 0 Å². The van der Waals surface area contributed by atoms with E-state index in [9.17, 15) is 0 Å². The van der Waals surface area contributed by atoms with Crippen LogP contribution in [-0.2, 0) is 0 Å². The number of hydrogen-bond donors (Lipinski definition) is 2. The van der Waals surface area contributed by atoms with E-state index in [-0.39, 0.29) is 0 Å². The van der Waals surface area contributed by atoms with Crippen LogP contribution in [0.25, 0.3) is 0 Å². The number of nitrogens with one attached hydrogen (secondary N) is 1. The van der Waals surface area contributed by atoms with Crippen LogP contribution in [0.3, 0.4) is 0 Å². The molecule has 0 amide bonds. The first kappa shape index (κ1) is 15.0. The largest absolute Gasteiger partial charge is 0.330 e. The van der Waals surface area contributed by atoms with Gasteiger partial charge in [-0.15, -0.1) is 0 Å². The van der Waals surface area contributed by atoms with Crippen LogP contribution in [0.1, 0.15) is 65.2 Å². The molecule has 102 valence electrons. The molecule has 1 rings (SSSR count). The SMILES string of the molecule is CCCC(CCN)CCCNC1CC1CCC. The highest BCUT2D eigenvalue weighted by Crippen LogP contribution is 2.34. The molecule has 3 atom stereocenters. The van der Waals surface area contributed by atoms with Crippen LogP contribution in [0.5, 0.6) is 0 Å². The van der Waals surface area contributed by atoms with Crippen molar-refractivity contribution in [3.05, 3.63) is 0 Å². The Kier molecular flexibility index (Phi) is 7.87. The van der Waals surface area contributed by atoms with Crippen molar-refractivity contribution in [1.82, 2.24) is 5.32 Å². The predicted molar refractivity (Wildman–Crippen MR) is 76.1 cm³/mol. The first-order chi connectivity index (χ1) is 8.31. The summed E-state index contributed by atoms with van der Waals surface area (Å²) in [6.07, 6.45) is 10.8. The normalized spacial score (nSPS) is 24.9. The van der Waals surface area contributed by atoms with Gasteiger partial charge < -0.3 is 11.1 Å². The summed E-state index contributed by atoms with van der Waals surface area (Å²) in [6, 6.07) is 0.856. The summed E-state index contributed by atoms with van der Waals surface area (Å²) in [7, 11) is 0. The maximum Gasteiger partial charge on any atom is 0.00991 e. The Morgan fingerprint density at radius 1 is 1.18 bits per heavy atom. The third-order valence-corrected chi connectivity index (χ3v) is 4.05. The van der Waals surface area contributed by atoms with Gasteiger partial charge in [-0.2, -0.15) is 0 Å². The molecule has 1 saturated carbocycles. The molecule has 1 aliphatic carbocycles. The molecule has 0 aromatic rings. The van der Waals surface area contributed by atoms with Crippen LogP contribution in [0.4, 0.5) is 0 Å². The second-order valence-corrected chi connectivity index (χ2v) is 5.72. The lowest BCUT2D eigenvalue weighted by molar-refractivity contribution is 0.402. The van der Waals surface area contributed by atoms with Crippen molar-refractivity contribution in [2.45, 2.75) is 71.3 Å². The molecule has 2 nitrogen and oxygen atoms in total. The molecule has 1 aliphatic rings. The Balaban J connectivity index is 1.95. The topological polar surface area (TPSA) is 38.0 Å². The summed E-state index contributed by atoms with van der Waals surface area (Å²) in [5, 5.41) is 3.70. The van der Waals surface area contributed by atoms with E-state index in [1.54, 1.807) is 0 Å². The summed E-state index contributed by atoms with van der Waals surface area (Å²) in [5.74, 6) is 1.87. The van der Waals surface area contributed by atoms with Crippen molar-refractivity contribution in [2.75, 3.05) is 13.1 Å².